The molecule has 2 aliphatic carbocycles. The summed E-state index contributed by atoms with van der Waals surface area (Å²) in [5, 5.41) is 10.6. The second kappa shape index (κ2) is 20.3. The maximum atomic E-state index is 12.6. The summed E-state index contributed by atoms with van der Waals surface area (Å²) in [6, 6.07) is 0. The first-order chi connectivity index (χ1) is 23.2. The summed E-state index contributed by atoms with van der Waals surface area (Å²) in [5.74, 6) is 0.986. The van der Waals surface area contributed by atoms with Gasteiger partial charge in [-0.1, -0.05) is 108 Å². The van der Waals surface area contributed by atoms with Crippen molar-refractivity contribution in [3.63, 3.8) is 0 Å². The van der Waals surface area contributed by atoms with Crippen molar-refractivity contribution in [2.24, 2.45) is 33.5 Å². The Morgan fingerprint density at radius 1 is 0.620 bits per heavy atom. The van der Waals surface area contributed by atoms with Crippen LogP contribution in [0.1, 0.15) is 185 Å². The molecule has 0 spiro atoms. The van der Waals surface area contributed by atoms with Gasteiger partial charge in [0.15, 0.2) is 6.29 Å². The lowest BCUT2D eigenvalue weighted by Gasteiger charge is -2.41. The smallest absolute Gasteiger partial charge is 0.306 e. The van der Waals surface area contributed by atoms with E-state index in [1.165, 1.54) is 0 Å². The molecule has 294 valence electrons. The van der Waals surface area contributed by atoms with E-state index in [4.69, 9.17) is 14.2 Å². The van der Waals surface area contributed by atoms with Crippen molar-refractivity contribution in [1.82, 2.24) is 4.90 Å². The number of hydrogen-bond acceptors (Lipinski definition) is 7. The van der Waals surface area contributed by atoms with Gasteiger partial charge in [0.2, 0.25) is 0 Å². The fraction of sp³-hybridized carbons (Fsp3) is 0.953. The molecule has 2 saturated carbocycles. The Hall–Kier alpha value is -1.18. The number of aliphatic hydroxyl groups excluding tert-OH is 1. The fourth-order valence-corrected chi connectivity index (χ4v) is 8.26. The third-order valence-electron chi connectivity index (χ3n) is 14.3. The molecule has 0 amide bonds. The number of nitrogens with zero attached hydrogens (tertiary/aromatic N) is 1. The fourth-order valence-electron chi connectivity index (χ4n) is 8.26. The molecule has 0 bridgehead atoms. The van der Waals surface area contributed by atoms with Crippen LogP contribution in [-0.2, 0) is 23.8 Å². The molecule has 0 aliphatic heterocycles. The molecule has 7 heteroatoms. The molecule has 0 aromatic rings. The standard InChI is InChI=1S/C43H81NO6/c1-32-30-35(42(7,8)40(32,3)4)49-38(46)26-21-17-13-15-19-24-34(48-37(45)28-23-29-44(11)12)25-20-16-14-18-22-27-39(47)50-36-31-33(2)41(5,6)43(36,9)10/h32-36,38,46H,13-31H2,1-12H3/t32-,33-,34?,35+,36+,38?/m1/s1. The summed E-state index contributed by atoms with van der Waals surface area (Å²) >= 11 is 0. The molecule has 0 heterocycles. The predicted octanol–water partition coefficient (Wildman–Crippen LogP) is 10.5. The van der Waals surface area contributed by atoms with E-state index in [0.717, 1.165) is 103 Å². The lowest BCUT2D eigenvalue weighted by Crippen LogP contribution is -2.39. The van der Waals surface area contributed by atoms with Gasteiger partial charge in [0, 0.05) is 18.3 Å². The number of ether oxygens (including phenoxy) is 3. The Labute approximate surface area is 308 Å². The lowest BCUT2D eigenvalue weighted by atomic mass is 9.67. The topological polar surface area (TPSA) is 85.3 Å². The van der Waals surface area contributed by atoms with Gasteiger partial charge >= 0.3 is 11.9 Å². The highest BCUT2D eigenvalue weighted by Crippen LogP contribution is 2.57. The van der Waals surface area contributed by atoms with Crippen molar-refractivity contribution in [2.45, 2.75) is 209 Å². The Morgan fingerprint density at radius 3 is 1.54 bits per heavy atom. The van der Waals surface area contributed by atoms with Gasteiger partial charge < -0.3 is 24.2 Å². The number of rotatable bonds is 24. The van der Waals surface area contributed by atoms with Crippen molar-refractivity contribution >= 4 is 11.9 Å². The van der Waals surface area contributed by atoms with Gasteiger partial charge in [-0.25, -0.2) is 0 Å². The Morgan fingerprint density at radius 2 is 1.06 bits per heavy atom. The third-order valence-corrected chi connectivity index (χ3v) is 14.3. The van der Waals surface area contributed by atoms with Crippen LogP contribution in [-0.4, -0.2) is 67.2 Å². The van der Waals surface area contributed by atoms with E-state index in [1.54, 1.807) is 0 Å². The van der Waals surface area contributed by atoms with E-state index in [2.05, 4.69) is 74.1 Å². The second-order valence-corrected chi connectivity index (χ2v) is 18.9. The number of aliphatic hydroxyl groups is 1. The maximum Gasteiger partial charge on any atom is 0.306 e. The highest BCUT2D eigenvalue weighted by molar-refractivity contribution is 5.70. The van der Waals surface area contributed by atoms with Crippen LogP contribution in [0.5, 0.6) is 0 Å². The van der Waals surface area contributed by atoms with Gasteiger partial charge in [-0.15, -0.1) is 0 Å². The first-order valence-corrected chi connectivity index (χ1v) is 20.6. The van der Waals surface area contributed by atoms with Crippen LogP contribution in [0.2, 0.25) is 0 Å². The van der Waals surface area contributed by atoms with Crippen LogP contribution in [0.4, 0.5) is 0 Å². The van der Waals surface area contributed by atoms with Crippen LogP contribution >= 0.6 is 0 Å². The normalized spacial score (nSPS) is 26.2. The zero-order valence-electron chi connectivity index (χ0n) is 34.8. The van der Waals surface area contributed by atoms with E-state index in [0.29, 0.717) is 31.1 Å². The number of unbranched alkanes of at least 4 members (excludes halogenated alkanes) is 8. The minimum atomic E-state index is -0.689. The molecule has 2 fully saturated rings. The highest BCUT2D eigenvalue weighted by atomic mass is 16.6. The van der Waals surface area contributed by atoms with Crippen molar-refractivity contribution < 1.29 is 28.9 Å². The SMILES string of the molecule is C[C@@H]1C[C@H](OC(=O)CCCCCCCC(CCCCCCCC(O)O[C@H]2C[C@@H](C)C(C)(C)C2(C)C)OC(=O)CCCN(C)C)C(C)(C)C1(C)C. The maximum absolute atomic E-state index is 12.6. The first-order valence-electron chi connectivity index (χ1n) is 20.6. The van der Waals surface area contributed by atoms with E-state index in [1.807, 2.05) is 14.1 Å². The second-order valence-electron chi connectivity index (χ2n) is 18.9. The average molecular weight is 708 g/mol. The Bertz CT molecular complexity index is 1000. The largest absolute Gasteiger partial charge is 0.462 e. The average Bonchev–Trinajstić information content (AvgIpc) is 3.26. The predicted molar refractivity (Wildman–Crippen MR) is 206 cm³/mol. The summed E-state index contributed by atoms with van der Waals surface area (Å²) in [7, 11) is 4.05. The summed E-state index contributed by atoms with van der Waals surface area (Å²) < 4.78 is 18.1. The van der Waals surface area contributed by atoms with Crippen LogP contribution in [0, 0.1) is 33.5 Å². The van der Waals surface area contributed by atoms with E-state index < -0.39 is 6.29 Å². The van der Waals surface area contributed by atoms with Gasteiger partial charge in [0.1, 0.15) is 12.2 Å². The van der Waals surface area contributed by atoms with Crippen LogP contribution in [0.15, 0.2) is 0 Å². The van der Waals surface area contributed by atoms with E-state index >= 15 is 0 Å². The Balaban J connectivity index is 1.64. The van der Waals surface area contributed by atoms with Crippen molar-refractivity contribution in [3.8, 4) is 0 Å². The summed E-state index contributed by atoms with van der Waals surface area (Å²) in [6.45, 7) is 23.7. The quantitative estimate of drug-likeness (QED) is 0.0607. The zero-order chi connectivity index (χ0) is 37.8. The van der Waals surface area contributed by atoms with E-state index in [-0.39, 0.29) is 51.9 Å². The van der Waals surface area contributed by atoms with Gasteiger partial charge in [0.05, 0.1) is 6.10 Å². The van der Waals surface area contributed by atoms with E-state index in [9.17, 15) is 14.7 Å². The number of esters is 2. The summed E-state index contributed by atoms with van der Waals surface area (Å²) in [5.41, 5.74) is 0.367. The molecule has 6 atom stereocenters. The lowest BCUT2D eigenvalue weighted by molar-refractivity contribution is -0.170. The molecule has 0 aromatic carbocycles. The zero-order valence-corrected chi connectivity index (χ0v) is 34.8. The van der Waals surface area contributed by atoms with Crippen LogP contribution in [0.3, 0.4) is 0 Å². The van der Waals surface area contributed by atoms with Crippen molar-refractivity contribution in [3.05, 3.63) is 0 Å². The molecule has 2 aliphatic rings. The number of hydrogen-bond donors (Lipinski definition) is 1. The molecule has 0 radical (unpaired) electrons. The van der Waals surface area contributed by atoms with Crippen LogP contribution < -0.4 is 0 Å². The molecule has 0 saturated heterocycles. The molecular weight excluding hydrogens is 626 g/mol. The number of carbonyl (C=O) groups excluding carboxylic acids is 2. The monoisotopic (exact) mass is 708 g/mol. The molecule has 2 rings (SSSR count). The minimum absolute atomic E-state index is 0.00114. The summed E-state index contributed by atoms with van der Waals surface area (Å²) in [6.07, 6.45) is 16.1. The van der Waals surface area contributed by atoms with Crippen LogP contribution in [0.25, 0.3) is 0 Å². The minimum Gasteiger partial charge on any atom is -0.462 e. The molecule has 0 aromatic heterocycles. The first kappa shape index (κ1) is 45.0. The van der Waals surface area contributed by atoms with Gasteiger partial charge in [0.25, 0.3) is 0 Å². The molecule has 7 nitrogen and oxygen atoms in total. The number of carbonyl (C=O) groups is 2. The van der Waals surface area contributed by atoms with Gasteiger partial charge in [-0.05, 0) is 113 Å². The molecule has 1 N–H and O–H groups in total. The Kier molecular flexibility index (Phi) is 18.3. The van der Waals surface area contributed by atoms with Gasteiger partial charge in [-0.3, -0.25) is 9.59 Å². The third kappa shape index (κ3) is 13.0. The molecule has 2 unspecified atom stereocenters. The molecular formula is C43H81NO6. The summed E-state index contributed by atoms with van der Waals surface area (Å²) in [4.78, 5) is 27.4. The van der Waals surface area contributed by atoms with Crippen molar-refractivity contribution in [2.75, 3.05) is 20.6 Å². The van der Waals surface area contributed by atoms with Crippen molar-refractivity contribution in [1.29, 1.82) is 0 Å². The molecule has 50 heavy (non-hydrogen) atoms. The highest BCUT2D eigenvalue weighted by Gasteiger charge is 2.55. The van der Waals surface area contributed by atoms with Gasteiger partial charge in [-0.2, -0.15) is 0 Å².